The van der Waals surface area contributed by atoms with Crippen LogP contribution in [-0.4, -0.2) is 51.2 Å². The van der Waals surface area contributed by atoms with Gasteiger partial charge in [0.05, 0.1) is 33.4 Å². The Morgan fingerprint density at radius 3 is 2.65 bits per heavy atom. The molecule has 1 saturated heterocycles. The molecule has 1 fully saturated rings. The number of Topliss-reactive ketones (excluding diaryl/α,β-unsaturated/α-hetero) is 1. The summed E-state index contributed by atoms with van der Waals surface area (Å²) < 4.78 is 28.5. The summed E-state index contributed by atoms with van der Waals surface area (Å²) in [6, 6.07) is 5.31. The van der Waals surface area contributed by atoms with Gasteiger partial charge in [-0.1, -0.05) is 29.3 Å². The highest BCUT2D eigenvalue weighted by molar-refractivity contribution is 6.41. The Hall–Kier alpha value is -3.34. The van der Waals surface area contributed by atoms with Crippen molar-refractivity contribution in [1.29, 1.82) is 0 Å². The van der Waals surface area contributed by atoms with Crippen molar-refractivity contribution in [3.63, 3.8) is 0 Å². The average molecular weight is 548 g/mol. The van der Waals surface area contributed by atoms with E-state index < -0.39 is 34.8 Å². The van der Waals surface area contributed by atoms with Gasteiger partial charge in [-0.3, -0.25) is 14.5 Å². The molecule has 3 aliphatic heterocycles. The molecular formula is C25H21Cl2F2N5O3. The number of nitrogens with zero attached hydrogens (tertiary/aromatic N) is 4. The number of allylic oxidation sites excluding steroid dienone is 1. The first-order valence-electron chi connectivity index (χ1n) is 11.4. The van der Waals surface area contributed by atoms with Gasteiger partial charge in [0, 0.05) is 25.4 Å². The van der Waals surface area contributed by atoms with Crippen LogP contribution < -0.4 is 10.2 Å². The van der Waals surface area contributed by atoms with Crippen molar-refractivity contribution < 1.29 is 23.5 Å². The van der Waals surface area contributed by atoms with Gasteiger partial charge in [0.25, 0.3) is 5.91 Å². The van der Waals surface area contributed by atoms with Gasteiger partial charge in [0.2, 0.25) is 0 Å². The van der Waals surface area contributed by atoms with E-state index in [1.807, 2.05) is 4.90 Å². The van der Waals surface area contributed by atoms with Crippen LogP contribution in [0.15, 0.2) is 59.1 Å². The number of aromatic nitrogens is 1. The van der Waals surface area contributed by atoms with Crippen LogP contribution in [0.25, 0.3) is 0 Å². The Kier molecular flexibility index (Phi) is 6.51. The molecule has 0 saturated carbocycles. The topological polar surface area (TPSA) is 98.1 Å². The second-order valence-corrected chi connectivity index (χ2v) is 10.1. The molecule has 0 aliphatic carbocycles. The van der Waals surface area contributed by atoms with Crippen molar-refractivity contribution in [3.05, 3.63) is 75.8 Å². The molecule has 1 aromatic carbocycles. The lowest BCUT2D eigenvalue weighted by Crippen LogP contribution is -2.46. The lowest BCUT2D eigenvalue weighted by molar-refractivity contribution is -0.121. The Labute approximate surface area is 220 Å². The first kappa shape index (κ1) is 25.3. The Morgan fingerprint density at radius 2 is 2.00 bits per heavy atom. The Bertz CT molecular complexity index is 1390. The minimum Gasteiger partial charge on any atom is -0.388 e. The molecule has 12 heteroatoms. The van der Waals surface area contributed by atoms with E-state index in [1.165, 1.54) is 17.0 Å². The molecule has 0 radical (unpaired) electrons. The number of amidine groups is 1. The van der Waals surface area contributed by atoms with E-state index in [0.29, 0.717) is 31.4 Å². The zero-order chi connectivity index (χ0) is 26.5. The number of aliphatic imine (C=N–C) groups is 1. The number of amides is 1. The first-order chi connectivity index (χ1) is 17.5. The van der Waals surface area contributed by atoms with Crippen LogP contribution in [0.4, 0.5) is 20.3 Å². The number of fused-ring (bicyclic) bond motifs is 1. The average Bonchev–Trinajstić information content (AvgIpc) is 3.21. The number of anilines is 2. The highest BCUT2D eigenvalue weighted by Gasteiger charge is 2.42. The smallest absolute Gasteiger partial charge is 0.260 e. The summed E-state index contributed by atoms with van der Waals surface area (Å²) >= 11 is 12.3. The second kappa shape index (κ2) is 9.51. The van der Waals surface area contributed by atoms with E-state index in [4.69, 9.17) is 23.2 Å². The summed E-state index contributed by atoms with van der Waals surface area (Å²) in [7, 11) is 0. The summed E-state index contributed by atoms with van der Waals surface area (Å²) in [5.74, 6) is -3.83. The van der Waals surface area contributed by atoms with Crippen molar-refractivity contribution in [2.75, 3.05) is 23.3 Å². The molecule has 37 heavy (non-hydrogen) atoms. The number of aliphatic hydroxyl groups is 1. The molecule has 2 atom stereocenters. The third-order valence-electron chi connectivity index (χ3n) is 6.40. The summed E-state index contributed by atoms with van der Waals surface area (Å²) in [6.45, 7) is 2.60. The number of rotatable bonds is 4. The van der Waals surface area contributed by atoms with E-state index in [1.54, 1.807) is 19.1 Å². The number of carbonyl (C=O) groups is 2. The van der Waals surface area contributed by atoms with Gasteiger partial charge in [0.15, 0.2) is 17.4 Å². The molecule has 0 bridgehead atoms. The highest BCUT2D eigenvalue weighted by Crippen LogP contribution is 2.36. The molecule has 0 spiro atoms. The number of likely N-dealkylation sites (tertiary alicyclic amines) is 1. The predicted octanol–water partition coefficient (Wildman–Crippen LogP) is 4.29. The van der Waals surface area contributed by atoms with Gasteiger partial charge in [-0.15, -0.1) is 0 Å². The van der Waals surface area contributed by atoms with E-state index in [2.05, 4.69) is 15.3 Å². The molecular weight excluding hydrogens is 527 g/mol. The Morgan fingerprint density at radius 1 is 1.27 bits per heavy atom. The van der Waals surface area contributed by atoms with Crippen LogP contribution in [0.2, 0.25) is 10.0 Å². The fourth-order valence-corrected chi connectivity index (χ4v) is 5.02. The molecule has 8 nitrogen and oxygen atoms in total. The molecule has 192 valence electrons. The molecule has 4 heterocycles. The van der Waals surface area contributed by atoms with Gasteiger partial charge >= 0.3 is 0 Å². The maximum Gasteiger partial charge on any atom is 0.260 e. The fraction of sp³-hybridized carbons (Fsp3) is 0.280. The number of benzene rings is 1. The van der Waals surface area contributed by atoms with Crippen LogP contribution in [0.3, 0.4) is 0 Å². The van der Waals surface area contributed by atoms with Crippen molar-refractivity contribution in [2.24, 2.45) is 10.9 Å². The molecule has 2 unspecified atom stereocenters. The zero-order valence-corrected chi connectivity index (χ0v) is 21.0. The van der Waals surface area contributed by atoms with E-state index in [0.717, 1.165) is 12.4 Å². The number of halogens is 4. The Balaban J connectivity index is 1.56. The number of nitrogens with one attached hydrogen (secondary N) is 1. The molecule has 2 N–H and O–H groups in total. The molecule has 3 aliphatic rings. The lowest BCUT2D eigenvalue weighted by Gasteiger charge is -2.35. The summed E-state index contributed by atoms with van der Waals surface area (Å²) in [4.78, 5) is 38.2. The van der Waals surface area contributed by atoms with Crippen LogP contribution in [0.5, 0.6) is 0 Å². The predicted molar refractivity (Wildman–Crippen MR) is 135 cm³/mol. The molecule has 1 aromatic heterocycles. The van der Waals surface area contributed by atoms with Crippen LogP contribution >= 0.6 is 23.2 Å². The number of para-hydroxylation sites is 1. The third-order valence-corrected chi connectivity index (χ3v) is 7.03. The van der Waals surface area contributed by atoms with Crippen molar-refractivity contribution in [2.45, 2.75) is 25.4 Å². The van der Waals surface area contributed by atoms with E-state index >= 15 is 0 Å². The molecule has 1 amide bonds. The first-order valence-corrected chi connectivity index (χ1v) is 12.2. The van der Waals surface area contributed by atoms with Crippen LogP contribution in [-0.2, 0) is 9.59 Å². The lowest BCUT2D eigenvalue weighted by atomic mass is 9.88. The summed E-state index contributed by atoms with van der Waals surface area (Å²) in [5, 5.41) is 13.3. The van der Waals surface area contributed by atoms with Crippen molar-refractivity contribution in [3.8, 4) is 0 Å². The van der Waals surface area contributed by atoms with E-state index in [9.17, 15) is 23.5 Å². The monoisotopic (exact) mass is 547 g/mol. The van der Waals surface area contributed by atoms with E-state index in [-0.39, 0.29) is 39.4 Å². The largest absolute Gasteiger partial charge is 0.388 e. The number of pyridine rings is 1. The van der Waals surface area contributed by atoms with Gasteiger partial charge in [0.1, 0.15) is 23.0 Å². The minimum absolute atomic E-state index is 0.119. The third kappa shape index (κ3) is 4.84. The summed E-state index contributed by atoms with van der Waals surface area (Å²) in [6.07, 6.45) is 4.40. The van der Waals surface area contributed by atoms with Gasteiger partial charge < -0.3 is 15.3 Å². The number of carbonyl (C=O) groups excluding carboxylic acids is 2. The normalized spacial score (nSPS) is 23.4. The fourth-order valence-electron chi connectivity index (χ4n) is 4.53. The van der Waals surface area contributed by atoms with Gasteiger partial charge in [-0.05, 0) is 38.0 Å². The number of hydrogen-bond acceptors (Lipinski definition) is 7. The maximum atomic E-state index is 14.9. The second-order valence-electron chi connectivity index (χ2n) is 9.28. The zero-order valence-electron chi connectivity index (χ0n) is 19.5. The minimum atomic E-state index is -0.999. The quantitative estimate of drug-likeness (QED) is 0.554. The number of ketones is 1. The maximum absolute atomic E-state index is 14.9. The standard InChI is InChI=1S/C25H21Cl2F2N5O3/c1-25(37)7-8-33(12-25)19-6-5-14-21(35)15(24(36)32-20-16(26)3-2-4-17(20)27)11-34(22(14)31-19)23-18(29)9-13(28)10-30-23/h2-4,6,9-11,14,37H,5,7-8,12H2,1H3,(H,32,36). The van der Waals surface area contributed by atoms with Crippen molar-refractivity contribution in [1.82, 2.24) is 9.88 Å². The highest BCUT2D eigenvalue weighted by atomic mass is 35.5. The van der Waals surface area contributed by atoms with Gasteiger partial charge in [-0.2, -0.15) is 0 Å². The molecule has 2 aromatic rings. The number of hydrogen-bond donors (Lipinski definition) is 2. The summed E-state index contributed by atoms with van der Waals surface area (Å²) in [5.41, 5.74) is -1.07. The van der Waals surface area contributed by atoms with Crippen molar-refractivity contribution >= 4 is 52.2 Å². The van der Waals surface area contributed by atoms with Crippen LogP contribution in [0.1, 0.15) is 19.8 Å². The number of β-amino-alcohol motifs (C(OH)–C–C–N with tert-alkyl or cyclic N) is 1. The van der Waals surface area contributed by atoms with Gasteiger partial charge in [-0.25, -0.2) is 18.8 Å². The SMILES string of the molecule is CC1(O)CCN(C2=CCC3C(=O)C(C(=O)Nc4c(Cl)cccc4Cl)=CN(c4ncc(F)cc4F)C3=N2)C1. The molecule has 5 rings (SSSR count). The van der Waals surface area contributed by atoms with Crippen LogP contribution in [0, 0.1) is 17.6 Å².